The van der Waals surface area contributed by atoms with Gasteiger partial charge in [0.05, 0.1) is 0 Å². The summed E-state index contributed by atoms with van der Waals surface area (Å²) in [6, 6.07) is 10.7. The number of hydrogen-bond donors (Lipinski definition) is 0. The molecule has 0 bridgehead atoms. The van der Waals surface area contributed by atoms with E-state index in [4.69, 9.17) is 12.2 Å². The van der Waals surface area contributed by atoms with Crippen LogP contribution in [0.3, 0.4) is 0 Å². The summed E-state index contributed by atoms with van der Waals surface area (Å²) in [7, 11) is 0. The number of rotatable bonds is 8. The van der Waals surface area contributed by atoms with Gasteiger partial charge in [0.25, 0.3) is 0 Å². The van der Waals surface area contributed by atoms with E-state index in [1.54, 1.807) is 0 Å². The van der Waals surface area contributed by atoms with Crippen LogP contribution in [0.4, 0.5) is 0 Å². The SMILES string of the molecule is CCC(CC)CC(=S)CCCc1ccccc1. The van der Waals surface area contributed by atoms with Gasteiger partial charge in [-0.3, -0.25) is 0 Å². The predicted octanol–water partition coefficient (Wildman–Crippen LogP) is 5.21. The van der Waals surface area contributed by atoms with Gasteiger partial charge in [-0.1, -0.05) is 69.2 Å². The summed E-state index contributed by atoms with van der Waals surface area (Å²) < 4.78 is 0. The molecule has 0 nitrogen and oxygen atoms in total. The number of hydrogen-bond acceptors (Lipinski definition) is 1. The molecule has 1 rings (SSSR count). The molecule has 0 heterocycles. The Morgan fingerprint density at radius 3 is 2.35 bits per heavy atom. The zero-order chi connectivity index (χ0) is 12.5. The van der Waals surface area contributed by atoms with Crippen LogP contribution in [0.1, 0.15) is 51.5 Å². The van der Waals surface area contributed by atoms with E-state index in [0.717, 1.165) is 25.2 Å². The van der Waals surface area contributed by atoms with Crippen molar-refractivity contribution in [3.8, 4) is 0 Å². The highest BCUT2D eigenvalue weighted by Gasteiger charge is 2.06. The summed E-state index contributed by atoms with van der Waals surface area (Å²) >= 11 is 5.48. The third kappa shape index (κ3) is 5.97. The maximum atomic E-state index is 5.48. The average Bonchev–Trinajstić information content (AvgIpc) is 2.37. The number of aryl methyl sites for hydroxylation is 1. The molecule has 0 N–H and O–H groups in total. The molecular formula is C16H24S. The molecule has 0 aliphatic rings. The first kappa shape index (κ1) is 14.4. The van der Waals surface area contributed by atoms with Gasteiger partial charge in [-0.05, 0) is 42.0 Å². The summed E-state index contributed by atoms with van der Waals surface area (Å²) in [4.78, 5) is 1.27. The van der Waals surface area contributed by atoms with Crippen molar-refractivity contribution in [1.29, 1.82) is 0 Å². The smallest absolute Gasteiger partial charge is 0.00686 e. The molecular weight excluding hydrogens is 224 g/mol. The molecule has 0 radical (unpaired) electrons. The van der Waals surface area contributed by atoms with E-state index in [1.165, 1.54) is 29.7 Å². The third-order valence-electron chi connectivity index (χ3n) is 3.43. The van der Waals surface area contributed by atoms with Crippen LogP contribution in [0, 0.1) is 5.92 Å². The van der Waals surface area contributed by atoms with Crippen molar-refractivity contribution in [1.82, 2.24) is 0 Å². The van der Waals surface area contributed by atoms with Gasteiger partial charge < -0.3 is 0 Å². The highest BCUT2D eigenvalue weighted by atomic mass is 32.1. The predicted molar refractivity (Wildman–Crippen MR) is 80.7 cm³/mol. The quantitative estimate of drug-likeness (QED) is 0.569. The van der Waals surface area contributed by atoms with Crippen molar-refractivity contribution in [2.75, 3.05) is 0 Å². The lowest BCUT2D eigenvalue weighted by Gasteiger charge is -2.12. The molecule has 0 spiro atoms. The second kappa shape index (κ2) is 8.41. The minimum atomic E-state index is 0.805. The molecule has 0 aromatic heterocycles. The van der Waals surface area contributed by atoms with Crippen LogP contribution in [-0.4, -0.2) is 4.86 Å². The fourth-order valence-electron chi connectivity index (χ4n) is 2.14. The highest BCUT2D eigenvalue weighted by Crippen LogP contribution is 2.16. The molecule has 0 saturated carbocycles. The Bertz CT molecular complexity index is 312. The van der Waals surface area contributed by atoms with Crippen LogP contribution in [0.15, 0.2) is 30.3 Å². The van der Waals surface area contributed by atoms with Crippen molar-refractivity contribution in [2.45, 2.75) is 52.4 Å². The molecule has 1 aromatic carbocycles. The van der Waals surface area contributed by atoms with E-state index >= 15 is 0 Å². The molecule has 0 unspecified atom stereocenters. The molecule has 94 valence electrons. The Morgan fingerprint density at radius 1 is 1.12 bits per heavy atom. The maximum absolute atomic E-state index is 5.48. The summed E-state index contributed by atoms with van der Waals surface area (Å²) in [5, 5.41) is 0. The first-order valence-corrected chi connectivity index (χ1v) is 7.22. The second-order valence-corrected chi connectivity index (χ2v) is 5.34. The standard InChI is InChI=1S/C16H24S/c1-3-14(4-2)13-16(17)12-8-11-15-9-6-5-7-10-15/h5-7,9-10,14H,3-4,8,11-13H2,1-2H3. The molecule has 1 aromatic rings. The minimum absolute atomic E-state index is 0.805. The van der Waals surface area contributed by atoms with Crippen molar-refractivity contribution >= 4 is 17.1 Å². The van der Waals surface area contributed by atoms with Crippen molar-refractivity contribution < 1.29 is 0 Å². The van der Waals surface area contributed by atoms with Gasteiger partial charge in [0.1, 0.15) is 0 Å². The van der Waals surface area contributed by atoms with Crippen LogP contribution in [-0.2, 0) is 6.42 Å². The van der Waals surface area contributed by atoms with Gasteiger partial charge in [-0.15, -0.1) is 0 Å². The van der Waals surface area contributed by atoms with Gasteiger partial charge in [0.15, 0.2) is 0 Å². The van der Waals surface area contributed by atoms with Crippen LogP contribution >= 0.6 is 12.2 Å². The first-order chi connectivity index (χ1) is 8.26. The minimum Gasteiger partial charge on any atom is -0.0897 e. The van der Waals surface area contributed by atoms with E-state index < -0.39 is 0 Å². The van der Waals surface area contributed by atoms with Gasteiger partial charge in [-0.2, -0.15) is 0 Å². The van der Waals surface area contributed by atoms with E-state index in [9.17, 15) is 0 Å². The van der Waals surface area contributed by atoms with Gasteiger partial charge in [0.2, 0.25) is 0 Å². The Labute approximate surface area is 111 Å². The number of benzene rings is 1. The third-order valence-corrected chi connectivity index (χ3v) is 3.81. The van der Waals surface area contributed by atoms with Crippen molar-refractivity contribution in [3.05, 3.63) is 35.9 Å². The van der Waals surface area contributed by atoms with E-state index in [0.29, 0.717) is 0 Å². The summed E-state index contributed by atoms with van der Waals surface area (Å²) in [5.41, 5.74) is 1.43. The Balaban J connectivity index is 2.20. The van der Waals surface area contributed by atoms with E-state index in [-0.39, 0.29) is 0 Å². The van der Waals surface area contributed by atoms with E-state index in [2.05, 4.69) is 44.2 Å². The first-order valence-electron chi connectivity index (χ1n) is 6.81. The Kier molecular flexibility index (Phi) is 7.11. The van der Waals surface area contributed by atoms with Crippen LogP contribution in [0.25, 0.3) is 0 Å². The lowest BCUT2D eigenvalue weighted by molar-refractivity contribution is 0.511. The summed E-state index contributed by atoms with van der Waals surface area (Å²) in [6.45, 7) is 4.53. The average molecular weight is 248 g/mol. The monoisotopic (exact) mass is 248 g/mol. The molecule has 0 saturated heterocycles. The Hall–Kier alpha value is -0.690. The zero-order valence-corrected chi connectivity index (χ0v) is 11.9. The van der Waals surface area contributed by atoms with Crippen LogP contribution in [0.2, 0.25) is 0 Å². The van der Waals surface area contributed by atoms with Crippen LogP contribution in [0.5, 0.6) is 0 Å². The lowest BCUT2D eigenvalue weighted by atomic mass is 9.95. The molecule has 0 atom stereocenters. The highest BCUT2D eigenvalue weighted by molar-refractivity contribution is 7.80. The normalized spacial score (nSPS) is 10.8. The molecule has 17 heavy (non-hydrogen) atoms. The van der Waals surface area contributed by atoms with Gasteiger partial charge in [-0.25, -0.2) is 0 Å². The summed E-state index contributed by atoms with van der Waals surface area (Å²) in [6.07, 6.45) is 7.13. The van der Waals surface area contributed by atoms with E-state index in [1.807, 2.05) is 0 Å². The summed E-state index contributed by atoms with van der Waals surface area (Å²) in [5.74, 6) is 0.805. The Morgan fingerprint density at radius 2 is 1.76 bits per heavy atom. The van der Waals surface area contributed by atoms with Gasteiger partial charge in [0, 0.05) is 0 Å². The molecule has 0 fully saturated rings. The van der Waals surface area contributed by atoms with Crippen LogP contribution < -0.4 is 0 Å². The fraction of sp³-hybridized carbons (Fsp3) is 0.562. The molecule has 1 heteroatoms. The lowest BCUT2D eigenvalue weighted by Crippen LogP contribution is -2.05. The van der Waals surface area contributed by atoms with Crippen molar-refractivity contribution in [3.63, 3.8) is 0 Å². The molecule has 0 aliphatic carbocycles. The fourth-order valence-corrected chi connectivity index (χ4v) is 2.52. The molecule has 0 aliphatic heterocycles. The maximum Gasteiger partial charge on any atom is -0.00686 e. The second-order valence-electron chi connectivity index (χ2n) is 4.76. The van der Waals surface area contributed by atoms with Crippen molar-refractivity contribution in [2.24, 2.45) is 5.92 Å². The largest absolute Gasteiger partial charge is 0.0897 e. The zero-order valence-electron chi connectivity index (χ0n) is 11.1. The topological polar surface area (TPSA) is 0 Å². The molecule has 0 amide bonds. The van der Waals surface area contributed by atoms with Gasteiger partial charge >= 0.3 is 0 Å². The number of thiocarbonyl (C=S) groups is 1.